The minimum atomic E-state index is 0.371. The van der Waals surface area contributed by atoms with Crippen LogP contribution in [0.1, 0.15) is 49.7 Å². The molecular formula is C42H34N4. The maximum absolute atomic E-state index is 9.76. The maximum atomic E-state index is 9.76. The van der Waals surface area contributed by atoms with E-state index in [-0.39, 0.29) is 0 Å². The van der Waals surface area contributed by atoms with Crippen molar-refractivity contribution in [2.24, 2.45) is 17.8 Å². The molecule has 4 fully saturated rings. The quantitative estimate of drug-likeness (QED) is 0.199. The second-order valence-corrected chi connectivity index (χ2v) is 13.9. The van der Waals surface area contributed by atoms with Gasteiger partial charge in [-0.3, -0.25) is 0 Å². The summed E-state index contributed by atoms with van der Waals surface area (Å²) in [5, 5.41) is 11.8. The van der Waals surface area contributed by atoms with Crippen molar-refractivity contribution in [3.8, 4) is 51.4 Å². The molecule has 10 rings (SSSR count). The zero-order valence-corrected chi connectivity index (χ0v) is 25.7. The molecule has 4 heteroatoms. The summed E-state index contributed by atoms with van der Waals surface area (Å²) in [5.41, 5.74) is 7.61. The molecular weight excluding hydrogens is 560 g/mol. The number of fused-ring (bicyclic) bond motifs is 1. The SMILES string of the molecule is N#Cc1ccc2c(-c3nc(-c4ccccc4)nc(-c4ccccc4)n3)cc(-c3ccc(C45C[C@H]6C[C@@H](C4)C[C@@H](C5)C6)cc3)cc2c1. The fraction of sp³-hybridized carbons (Fsp3) is 0.238. The monoisotopic (exact) mass is 594 g/mol. The van der Waals surface area contributed by atoms with E-state index in [1.54, 1.807) is 0 Å². The van der Waals surface area contributed by atoms with Crippen LogP contribution in [0.25, 0.3) is 56.1 Å². The first-order valence-corrected chi connectivity index (χ1v) is 16.6. The lowest BCUT2D eigenvalue weighted by molar-refractivity contribution is -0.00518. The molecule has 0 saturated heterocycles. The molecule has 0 aliphatic heterocycles. The van der Waals surface area contributed by atoms with Crippen molar-refractivity contribution in [3.05, 3.63) is 126 Å². The molecule has 0 atom stereocenters. The lowest BCUT2D eigenvalue weighted by atomic mass is 9.48. The molecule has 222 valence electrons. The lowest BCUT2D eigenvalue weighted by Crippen LogP contribution is -2.48. The van der Waals surface area contributed by atoms with E-state index < -0.39 is 0 Å². The van der Waals surface area contributed by atoms with E-state index in [4.69, 9.17) is 15.0 Å². The number of aromatic nitrogens is 3. The standard InChI is InChI=1S/C42H34N4/c43-26-27-11-16-37-35(20-27)21-34(31-12-14-36(15-13-31)42-23-28-17-29(24-42)19-30(18-28)25-42)22-38(37)41-45-39(32-7-3-1-4-8-32)44-40(46-41)33-9-5-2-6-10-33/h1-16,20-22,28-30H,17-19,23-25H2/t28-,29+,30-,42?. The van der Waals surface area contributed by atoms with Gasteiger partial charge in [0.25, 0.3) is 0 Å². The normalized spacial score (nSPS) is 23.0. The van der Waals surface area contributed by atoms with Gasteiger partial charge in [-0.25, -0.2) is 15.0 Å². The van der Waals surface area contributed by atoms with Crippen molar-refractivity contribution >= 4 is 10.8 Å². The van der Waals surface area contributed by atoms with Gasteiger partial charge in [0.1, 0.15) is 0 Å². The first-order chi connectivity index (χ1) is 22.6. The fourth-order valence-corrected chi connectivity index (χ4v) is 9.20. The Bertz CT molecular complexity index is 2030. The van der Waals surface area contributed by atoms with Gasteiger partial charge in [0, 0.05) is 16.7 Å². The second kappa shape index (κ2) is 10.7. The highest BCUT2D eigenvalue weighted by atomic mass is 15.0. The summed E-state index contributed by atoms with van der Waals surface area (Å²) in [6.45, 7) is 0. The third-order valence-electron chi connectivity index (χ3n) is 10.9. The van der Waals surface area contributed by atoms with Crippen LogP contribution in [-0.2, 0) is 5.41 Å². The first-order valence-electron chi connectivity index (χ1n) is 16.6. The van der Waals surface area contributed by atoms with Crippen molar-refractivity contribution < 1.29 is 0 Å². The van der Waals surface area contributed by atoms with Crippen LogP contribution in [0.5, 0.6) is 0 Å². The molecule has 4 bridgehead atoms. The van der Waals surface area contributed by atoms with Crippen LogP contribution < -0.4 is 0 Å². The van der Waals surface area contributed by atoms with E-state index in [1.807, 2.05) is 78.9 Å². The van der Waals surface area contributed by atoms with Crippen LogP contribution in [0.15, 0.2) is 115 Å². The Morgan fingerprint density at radius 2 is 1.11 bits per heavy atom. The van der Waals surface area contributed by atoms with Gasteiger partial charge in [0.15, 0.2) is 17.5 Å². The van der Waals surface area contributed by atoms with Crippen LogP contribution in [0.2, 0.25) is 0 Å². The zero-order valence-electron chi connectivity index (χ0n) is 25.7. The molecule has 0 radical (unpaired) electrons. The van der Waals surface area contributed by atoms with Gasteiger partial charge in [-0.05, 0) is 113 Å². The molecule has 0 N–H and O–H groups in total. The van der Waals surface area contributed by atoms with E-state index in [1.165, 1.54) is 49.7 Å². The molecule has 6 aromatic rings. The Balaban J connectivity index is 1.19. The van der Waals surface area contributed by atoms with Crippen molar-refractivity contribution in [2.75, 3.05) is 0 Å². The van der Waals surface area contributed by atoms with Crippen LogP contribution in [0.4, 0.5) is 0 Å². The summed E-state index contributed by atoms with van der Waals surface area (Å²) in [5.74, 6) is 4.66. The number of hydrogen-bond acceptors (Lipinski definition) is 4. The molecule has 4 aliphatic rings. The van der Waals surface area contributed by atoms with Gasteiger partial charge in [-0.15, -0.1) is 0 Å². The molecule has 1 heterocycles. The number of nitriles is 1. The third kappa shape index (κ3) is 4.70. The van der Waals surface area contributed by atoms with Crippen molar-refractivity contribution in [1.82, 2.24) is 15.0 Å². The molecule has 46 heavy (non-hydrogen) atoms. The van der Waals surface area contributed by atoms with E-state index in [0.717, 1.165) is 50.8 Å². The van der Waals surface area contributed by atoms with Crippen LogP contribution in [0, 0.1) is 29.1 Å². The predicted molar refractivity (Wildman–Crippen MR) is 184 cm³/mol. The van der Waals surface area contributed by atoms with Gasteiger partial charge in [-0.1, -0.05) is 91.0 Å². The lowest BCUT2D eigenvalue weighted by Gasteiger charge is -2.57. The average Bonchev–Trinajstić information content (AvgIpc) is 3.11. The number of rotatable bonds is 5. The van der Waals surface area contributed by atoms with Gasteiger partial charge < -0.3 is 0 Å². The number of nitrogens with zero attached hydrogens (tertiary/aromatic N) is 4. The summed E-state index contributed by atoms with van der Waals surface area (Å²) < 4.78 is 0. The molecule has 4 aliphatic carbocycles. The summed E-state index contributed by atoms with van der Waals surface area (Å²) in [6.07, 6.45) is 8.46. The Kier molecular flexibility index (Phi) is 6.35. The third-order valence-corrected chi connectivity index (χ3v) is 10.9. The van der Waals surface area contributed by atoms with Crippen molar-refractivity contribution in [1.29, 1.82) is 5.26 Å². The highest BCUT2D eigenvalue weighted by molar-refractivity contribution is 5.99. The van der Waals surface area contributed by atoms with Crippen LogP contribution in [0.3, 0.4) is 0 Å². The fourth-order valence-electron chi connectivity index (χ4n) is 9.20. The summed E-state index contributed by atoms with van der Waals surface area (Å²) in [6, 6.07) is 42.2. The molecule has 4 nitrogen and oxygen atoms in total. The topological polar surface area (TPSA) is 62.5 Å². The Morgan fingerprint density at radius 3 is 1.67 bits per heavy atom. The Labute approximate surface area is 269 Å². The molecule has 4 saturated carbocycles. The van der Waals surface area contributed by atoms with Crippen LogP contribution >= 0.6 is 0 Å². The number of benzene rings is 5. The van der Waals surface area contributed by atoms with E-state index >= 15 is 0 Å². The molecule has 0 unspecified atom stereocenters. The molecule has 1 aromatic heterocycles. The highest BCUT2D eigenvalue weighted by Crippen LogP contribution is 2.60. The summed E-state index contributed by atoms with van der Waals surface area (Å²) in [4.78, 5) is 15.0. The predicted octanol–water partition coefficient (Wildman–Crippen LogP) is 10.0. The largest absolute Gasteiger partial charge is 0.208 e. The average molecular weight is 595 g/mol. The zero-order chi connectivity index (χ0) is 30.7. The van der Waals surface area contributed by atoms with Gasteiger partial charge >= 0.3 is 0 Å². The highest BCUT2D eigenvalue weighted by Gasteiger charge is 2.51. The number of hydrogen-bond donors (Lipinski definition) is 0. The maximum Gasteiger partial charge on any atom is 0.164 e. The van der Waals surface area contributed by atoms with Gasteiger partial charge in [0.05, 0.1) is 11.6 Å². The Morgan fingerprint density at radius 1 is 0.543 bits per heavy atom. The smallest absolute Gasteiger partial charge is 0.164 e. The Hall–Kier alpha value is -5.14. The summed E-state index contributed by atoms with van der Waals surface area (Å²) >= 11 is 0. The van der Waals surface area contributed by atoms with Crippen LogP contribution in [-0.4, -0.2) is 15.0 Å². The molecule has 5 aromatic carbocycles. The van der Waals surface area contributed by atoms with Crippen molar-refractivity contribution in [2.45, 2.75) is 43.9 Å². The minimum absolute atomic E-state index is 0.371. The first kappa shape index (κ1) is 27.2. The van der Waals surface area contributed by atoms with Gasteiger partial charge in [-0.2, -0.15) is 5.26 Å². The van der Waals surface area contributed by atoms with E-state index in [0.29, 0.717) is 28.5 Å². The van der Waals surface area contributed by atoms with Gasteiger partial charge in [0.2, 0.25) is 0 Å². The van der Waals surface area contributed by atoms with E-state index in [9.17, 15) is 5.26 Å². The minimum Gasteiger partial charge on any atom is -0.208 e. The second-order valence-electron chi connectivity index (χ2n) is 13.9. The van der Waals surface area contributed by atoms with E-state index in [2.05, 4.69) is 42.5 Å². The van der Waals surface area contributed by atoms with Crippen molar-refractivity contribution in [3.63, 3.8) is 0 Å². The summed E-state index contributed by atoms with van der Waals surface area (Å²) in [7, 11) is 0. The molecule has 0 spiro atoms. The molecule has 0 amide bonds.